The molecule has 2 aromatic carbocycles. The SMILES string of the molecule is N[C@H]1c2ccccc2C[C@@H]1Oc1ccc2c(c1)CN(N1C(=O)CCCC1=O)C2=O. The Morgan fingerprint density at radius 2 is 1.72 bits per heavy atom. The molecule has 29 heavy (non-hydrogen) atoms. The maximum atomic E-state index is 12.8. The van der Waals surface area contributed by atoms with E-state index in [2.05, 4.69) is 6.07 Å². The van der Waals surface area contributed by atoms with Crippen molar-refractivity contribution < 1.29 is 19.1 Å². The molecule has 5 rings (SSSR count). The highest BCUT2D eigenvalue weighted by molar-refractivity contribution is 6.04. The van der Waals surface area contributed by atoms with Gasteiger partial charge < -0.3 is 10.5 Å². The number of carbonyl (C=O) groups excluding carboxylic acids is 3. The van der Waals surface area contributed by atoms with Gasteiger partial charge in [0.25, 0.3) is 5.91 Å². The molecule has 7 heteroatoms. The number of rotatable bonds is 3. The Labute approximate surface area is 168 Å². The number of amides is 3. The van der Waals surface area contributed by atoms with Gasteiger partial charge in [-0.3, -0.25) is 14.4 Å². The van der Waals surface area contributed by atoms with Gasteiger partial charge in [-0.2, -0.15) is 5.01 Å². The van der Waals surface area contributed by atoms with Gasteiger partial charge >= 0.3 is 0 Å². The van der Waals surface area contributed by atoms with Crippen LogP contribution in [0.4, 0.5) is 0 Å². The molecule has 1 fully saturated rings. The van der Waals surface area contributed by atoms with Gasteiger partial charge in [0.2, 0.25) is 11.8 Å². The highest BCUT2D eigenvalue weighted by atomic mass is 16.5. The van der Waals surface area contributed by atoms with Crippen molar-refractivity contribution in [1.29, 1.82) is 0 Å². The monoisotopic (exact) mass is 391 g/mol. The Balaban J connectivity index is 1.35. The molecule has 2 atom stereocenters. The van der Waals surface area contributed by atoms with E-state index in [1.807, 2.05) is 24.3 Å². The van der Waals surface area contributed by atoms with E-state index < -0.39 is 0 Å². The summed E-state index contributed by atoms with van der Waals surface area (Å²) in [4.78, 5) is 37.2. The highest BCUT2D eigenvalue weighted by Gasteiger charge is 2.39. The van der Waals surface area contributed by atoms with E-state index in [-0.39, 0.29) is 49.3 Å². The van der Waals surface area contributed by atoms with Gasteiger partial charge in [-0.1, -0.05) is 24.3 Å². The van der Waals surface area contributed by atoms with E-state index in [1.54, 1.807) is 12.1 Å². The first-order chi connectivity index (χ1) is 14.0. The van der Waals surface area contributed by atoms with Crippen molar-refractivity contribution in [2.75, 3.05) is 0 Å². The fourth-order valence-electron chi connectivity index (χ4n) is 4.41. The average Bonchev–Trinajstić information content (AvgIpc) is 3.19. The van der Waals surface area contributed by atoms with Crippen LogP contribution in [0.15, 0.2) is 42.5 Å². The molecular weight excluding hydrogens is 370 g/mol. The summed E-state index contributed by atoms with van der Waals surface area (Å²) in [6.07, 6.45) is 1.64. The van der Waals surface area contributed by atoms with Crippen LogP contribution in [0.5, 0.6) is 5.75 Å². The predicted molar refractivity (Wildman–Crippen MR) is 104 cm³/mol. The molecule has 7 nitrogen and oxygen atoms in total. The Morgan fingerprint density at radius 3 is 2.48 bits per heavy atom. The molecular formula is C22H21N3O4. The van der Waals surface area contributed by atoms with E-state index in [9.17, 15) is 14.4 Å². The molecule has 2 aromatic rings. The number of carbonyl (C=O) groups is 3. The largest absolute Gasteiger partial charge is 0.488 e. The zero-order valence-corrected chi connectivity index (χ0v) is 15.8. The van der Waals surface area contributed by atoms with Gasteiger partial charge in [0, 0.05) is 24.8 Å². The van der Waals surface area contributed by atoms with Crippen molar-refractivity contribution in [1.82, 2.24) is 10.0 Å². The second-order valence-electron chi connectivity index (χ2n) is 7.72. The van der Waals surface area contributed by atoms with Crippen LogP contribution in [0.25, 0.3) is 0 Å². The number of hydrogen-bond donors (Lipinski definition) is 1. The zero-order valence-electron chi connectivity index (χ0n) is 15.8. The van der Waals surface area contributed by atoms with Crippen molar-refractivity contribution in [2.45, 2.75) is 44.4 Å². The average molecular weight is 391 g/mol. The fourth-order valence-corrected chi connectivity index (χ4v) is 4.41. The van der Waals surface area contributed by atoms with Gasteiger partial charge in [-0.15, -0.1) is 0 Å². The number of hydrogen-bond acceptors (Lipinski definition) is 5. The topological polar surface area (TPSA) is 92.9 Å². The molecule has 3 aliphatic rings. The van der Waals surface area contributed by atoms with Crippen LogP contribution < -0.4 is 10.5 Å². The maximum Gasteiger partial charge on any atom is 0.273 e. The Hall–Kier alpha value is -3.19. The summed E-state index contributed by atoms with van der Waals surface area (Å²) >= 11 is 0. The number of fused-ring (bicyclic) bond motifs is 2. The second-order valence-corrected chi connectivity index (χ2v) is 7.72. The minimum absolute atomic E-state index is 0.177. The summed E-state index contributed by atoms with van der Waals surface area (Å²) in [6, 6.07) is 13.1. The summed E-state index contributed by atoms with van der Waals surface area (Å²) in [5, 5.41) is 2.26. The summed E-state index contributed by atoms with van der Waals surface area (Å²) in [5.74, 6) is -0.356. The number of piperidine rings is 1. The second kappa shape index (κ2) is 6.70. The van der Waals surface area contributed by atoms with Crippen molar-refractivity contribution in [3.05, 3.63) is 64.7 Å². The lowest BCUT2D eigenvalue weighted by Gasteiger charge is -2.32. The Morgan fingerprint density at radius 1 is 0.966 bits per heavy atom. The van der Waals surface area contributed by atoms with Gasteiger partial charge in [-0.05, 0) is 41.3 Å². The van der Waals surface area contributed by atoms with E-state index in [1.165, 1.54) is 10.6 Å². The first-order valence-electron chi connectivity index (χ1n) is 9.83. The number of hydrazine groups is 1. The standard InChI is InChI=1S/C22H21N3O4/c23-21-16-5-2-1-4-13(16)11-18(21)29-15-8-9-17-14(10-15)12-24(22(17)28)25-19(26)6-3-7-20(25)27/h1-2,4-5,8-10,18,21H,3,6-7,11-12,23H2/t18-,21-/m0/s1. The Kier molecular flexibility index (Phi) is 4.13. The van der Waals surface area contributed by atoms with Crippen molar-refractivity contribution in [2.24, 2.45) is 5.73 Å². The third kappa shape index (κ3) is 2.89. The van der Waals surface area contributed by atoms with E-state index in [0.717, 1.165) is 22.6 Å². The molecule has 2 heterocycles. The molecule has 2 N–H and O–H groups in total. The quantitative estimate of drug-likeness (QED) is 0.809. The molecule has 1 saturated heterocycles. The number of nitrogens with two attached hydrogens (primary N) is 1. The van der Waals surface area contributed by atoms with Gasteiger partial charge in [0.05, 0.1) is 12.6 Å². The first-order valence-corrected chi connectivity index (χ1v) is 9.83. The normalized spacial score (nSPS) is 23.4. The fraction of sp³-hybridized carbons (Fsp3) is 0.318. The van der Waals surface area contributed by atoms with Crippen LogP contribution in [0.3, 0.4) is 0 Å². The highest BCUT2D eigenvalue weighted by Crippen LogP contribution is 2.34. The molecule has 0 spiro atoms. The smallest absolute Gasteiger partial charge is 0.273 e. The molecule has 0 aromatic heterocycles. The lowest BCUT2D eigenvalue weighted by Crippen LogP contribution is -2.51. The van der Waals surface area contributed by atoms with Crippen LogP contribution in [0.1, 0.15) is 52.4 Å². The maximum absolute atomic E-state index is 12.8. The molecule has 2 aliphatic heterocycles. The predicted octanol–water partition coefficient (Wildman–Crippen LogP) is 2.10. The third-order valence-corrected chi connectivity index (χ3v) is 5.88. The van der Waals surface area contributed by atoms with Crippen LogP contribution in [-0.2, 0) is 22.6 Å². The molecule has 0 bridgehead atoms. The molecule has 0 saturated carbocycles. The van der Waals surface area contributed by atoms with Gasteiger partial charge in [0.15, 0.2) is 0 Å². The lowest BCUT2D eigenvalue weighted by atomic mass is 10.1. The molecule has 1 aliphatic carbocycles. The molecule has 0 unspecified atom stereocenters. The van der Waals surface area contributed by atoms with Crippen molar-refractivity contribution in [3.63, 3.8) is 0 Å². The van der Waals surface area contributed by atoms with Crippen LogP contribution in [0.2, 0.25) is 0 Å². The van der Waals surface area contributed by atoms with Gasteiger partial charge in [0.1, 0.15) is 11.9 Å². The van der Waals surface area contributed by atoms with Gasteiger partial charge in [-0.25, -0.2) is 5.01 Å². The molecule has 148 valence electrons. The van der Waals surface area contributed by atoms with Crippen LogP contribution in [-0.4, -0.2) is 33.8 Å². The van der Waals surface area contributed by atoms with E-state index in [4.69, 9.17) is 10.5 Å². The summed E-state index contributed by atoms with van der Waals surface area (Å²) in [6.45, 7) is 0.180. The van der Waals surface area contributed by atoms with Crippen LogP contribution in [0, 0.1) is 0 Å². The Bertz CT molecular complexity index is 1020. The molecule has 3 amide bonds. The summed E-state index contributed by atoms with van der Waals surface area (Å²) < 4.78 is 6.15. The van der Waals surface area contributed by atoms with Crippen molar-refractivity contribution >= 4 is 17.7 Å². The minimum atomic E-state index is -0.333. The number of benzene rings is 2. The zero-order chi connectivity index (χ0) is 20.1. The summed E-state index contributed by atoms with van der Waals surface area (Å²) in [5.41, 5.74) is 9.87. The minimum Gasteiger partial charge on any atom is -0.488 e. The summed E-state index contributed by atoms with van der Waals surface area (Å²) in [7, 11) is 0. The van der Waals surface area contributed by atoms with Crippen molar-refractivity contribution in [3.8, 4) is 5.75 Å². The number of nitrogens with zero attached hydrogens (tertiary/aromatic N) is 2. The first kappa shape index (κ1) is 17.9. The number of ether oxygens (including phenoxy) is 1. The lowest BCUT2D eigenvalue weighted by molar-refractivity contribution is -0.163. The van der Waals surface area contributed by atoms with Crippen LogP contribution >= 0.6 is 0 Å². The van der Waals surface area contributed by atoms with E-state index in [0.29, 0.717) is 17.7 Å². The molecule has 0 radical (unpaired) electrons. The number of imide groups is 1. The van der Waals surface area contributed by atoms with E-state index >= 15 is 0 Å². The third-order valence-electron chi connectivity index (χ3n) is 5.88.